The molecule has 10 heteroatoms. The van der Waals surface area contributed by atoms with Crippen LogP contribution in [0, 0.1) is 0 Å². The van der Waals surface area contributed by atoms with E-state index in [0.29, 0.717) is 44.4 Å². The number of esters is 1. The van der Waals surface area contributed by atoms with Crippen LogP contribution in [0.1, 0.15) is 31.0 Å². The summed E-state index contributed by atoms with van der Waals surface area (Å²) in [7, 11) is 1.59. The highest BCUT2D eigenvalue weighted by Crippen LogP contribution is 2.32. The SMILES string of the molecule is C=CCOc1ccc(-c2nn(-c3ccccc3)cc2C=c2sc3n(c2=O)C(c2ccc(OC)cc2)C(C(=O)OCC)=C(C)N=3)cc1. The Morgan fingerprint density at radius 3 is 2.41 bits per heavy atom. The van der Waals surface area contributed by atoms with Gasteiger partial charge in [-0.2, -0.15) is 5.10 Å². The average Bonchev–Trinajstić information content (AvgIpc) is 3.64. The fraction of sp³-hybridized carbons (Fsp3) is 0.167. The van der Waals surface area contributed by atoms with Gasteiger partial charge in [-0.1, -0.05) is 54.3 Å². The number of para-hydroxylation sites is 1. The fourth-order valence-corrected chi connectivity index (χ4v) is 6.37. The van der Waals surface area contributed by atoms with Gasteiger partial charge in [-0.3, -0.25) is 9.36 Å². The third-order valence-corrected chi connectivity index (χ3v) is 8.48. The van der Waals surface area contributed by atoms with E-state index in [1.54, 1.807) is 48.4 Å². The standard InChI is InChI=1S/C36H32N4O5S/c1-5-20-45-29-18-12-24(13-19-29)32-26(22-39(38-32)27-10-8-7-9-11-27)21-30-34(41)40-33(25-14-16-28(43-4)17-15-25)31(35(42)44-6-2)23(3)37-36(40)46-30/h5,7-19,21-22,33H,1,6,20H2,2-4H3. The second kappa shape index (κ2) is 13.3. The predicted molar refractivity (Wildman–Crippen MR) is 178 cm³/mol. The maximum atomic E-state index is 14.3. The number of carbonyl (C=O) groups excluding carboxylic acids is 1. The van der Waals surface area contributed by atoms with Crippen LogP contribution in [-0.4, -0.2) is 40.6 Å². The zero-order chi connectivity index (χ0) is 32.2. The van der Waals surface area contributed by atoms with Gasteiger partial charge in [-0.15, -0.1) is 0 Å². The summed E-state index contributed by atoms with van der Waals surface area (Å²) in [6, 6.07) is 24.0. The molecule has 0 fully saturated rings. The number of fused-ring (bicyclic) bond motifs is 1. The molecule has 0 radical (unpaired) electrons. The molecule has 9 nitrogen and oxygen atoms in total. The number of nitrogens with zero attached hydrogens (tertiary/aromatic N) is 4. The van der Waals surface area contributed by atoms with Crippen molar-refractivity contribution in [2.24, 2.45) is 4.99 Å². The van der Waals surface area contributed by atoms with E-state index in [4.69, 9.17) is 24.3 Å². The number of benzene rings is 3. The molecule has 232 valence electrons. The zero-order valence-electron chi connectivity index (χ0n) is 25.7. The summed E-state index contributed by atoms with van der Waals surface area (Å²) in [5.41, 5.74) is 4.47. The Morgan fingerprint density at radius 2 is 1.74 bits per heavy atom. The Kier molecular flexibility index (Phi) is 8.80. The first kappa shape index (κ1) is 30.5. The molecule has 3 heterocycles. The van der Waals surface area contributed by atoms with Crippen molar-refractivity contribution in [3.8, 4) is 28.4 Å². The largest absolute Gasteiger partial charge is 0.497 e. The molecule has 0 bridgehead atoms. The number of allylic oxidation sites excluding steroid dienone is 1. The summed E-state index contributed by atoms with van der Waals surface area (Å²) in [5, 5.41) is 4.92. The minimum Gasteiger partial charge on any atom is -0.497 e. The van der Waals surface area contributed by atoms with Crippen LogP contribution in [0.25, 0.3) is 23.0 Å². The van der Waals surface area contributed by atoms with Gasteiger partial charge < -0.3 is 14.2 Å². The molecule has 0 saturated heterocycles. The topological polar surface area (TPSA) is 96.9 Å². The van der Waals surface area contributed by atoms with Crippen molar-refractivity contribution in [1.82, 2.24) is 14.3 Å². The van der Waals surface area contributed by atoms with Crippen molar-refractivity contribution in [3.63, 3.8) is 0 Å². The number of aromatic nitrogens is 3. The lowest BCUT2D eigenvalue weighted by Gasteiger charge is -2.24. The van der Waals surface area contributed by atoms with E-state index >= 15 is 0 Å². The molecule has 0 N–H and O–H groups in total. The Hall–Kier alpha value is -5.48. The minimum absolute atomic E-state index is 0.199. The quantitative estimate of drug-likeness (QED) is 0.155. The maximum Gasteiger partial charge on any atom is 0.338 e. The van der Waals surface area contributed by atoms with Crippen LogP contribution in [0.5, 0.6) is 11.5 Å². The first-order valence-corrected chi connectivity index (χ1v) is 15.6. The molecule has 1 unspecified atom stereocenters. The second-order valence-electron chi connectivity index (χ2n) is 10.4. The summed E-state index contributed by atoms with van der Waals surface area (Å²) in [5.74, 6) is 0.871. The molecule has 0 aliphatic carbocycles. The van der Waals surface area contributed by atoms with Gasteiger partial charge in [0.1, 0.15) is 23.8 Å². The van der Waals surface area contributed by atoms with E-state index in [1.165, 1.54) is 11.3 Å². The zero-order valence-corrected chi connectivity index (χ0v) is 26.5. The van der Waals surface area contributed by atoms with Crippen molar-refractivity contribution >= 4 is 23.4 Å². The van der Waals surface area contributed by atoms with Crippen LogP contribution < -0.4 is 24.4 Å². The fourth-order valence-electron chi connectivity index (χ4n) is 5.33. The molecule has 0 spiro atoms. The highest BCUT2D eigenvalue weighted by Gasteiger charge is 2.33. The Bertz CT molecular complexity index is 2110. The van der Waals surface area contributed by atoms with Gasteiger partial charge in [-0.25, -0.2) is 14.5 Å². The molecular weight excluding hydrogens is 600 g/mol. The smallest absolute Gasteiger partial charge is 0.338 e. The van der Waals surface area contributed by atoms with Crippen molar-refractivity contribution in [3.05, 3.63) is 140 Å². The van der Waals surface area contributed by atoms with Gasteiger partial charge in [0, 0.05) is 17.3 Å². The number of hydrogen-bond acceptors (Lipinski definition) is 8. The summed E-state index contributed by atoms with van der Waals surface area (Å²) in [6.07, 6.45) is 5.43. The van der Waals surface area contributed by atoms with Gasteiger partial charge in [0.2, 0.25) is 0 Å². The number of methoxy groups -OCH3 is 1. The monoisotopic (exact) mass is 632 g/mol. The van der Waals surface area contributed by atoms with Gasteiger partial charge >= 0.3 is 5.97 Å². The lowest BCUT2D eigenvalue weighted by molar-refractivity contribution is -0.139. The molecule has 0 amide bonds. The minimum atomic E-state index is -0.724. The molecule has 6 rings (SSSR count). The molecule has 3 aromatic carbocycles. The Morgan fingerprint density at radius 1 is 1.02 bits per heavy atom. The molecule has 1 aliphatic rings. The van der Waals surface area contributed by atoms with Crippen molar-refractivity contribution in [1.29, 1.82) is 0 Å². The third-order valence-electron chi connectivity index (χ3n) is 7.49. The van der Waals surface area contributed by atoms with Crippen molar-refractivity contribution < 1.29 is 19.0 Å². The number of hydrogen-bond donors (Lipinski definition) is 0. The van der Waals surface area contributed by atoms with Crippen LogP contribution >= 0.6 is 11.3 Å². The first-order chi connectivity index (χ1) is 22.4. The molecule has 0 saturated carbocycles. The van der Waals surface area contributed by atoms with Crippen LogP contribution in [0.15, 0.2) is 119 Å². The number of ether oxygens (including phenoxy) is 3. The van der Waals surface area contributed by atoms with Crippen LogP contribution in [-0.2, 0) is 9.53 Å². The summed E-state index contributed by atoms with van der Waals surface area (Å²) < 4.78 is 20.3. The summed E-state index contributed by atoms with van der Waals surface area (Å²) >= 11 is 1.27. The lowest BCUT2D eigenvalue weighted by atomic mass is 9.96. The van der Waals surface area contributed by atoms with E-state index < -0.39 is 12.0 Å². The van der Waals surface area contributed by atoms with Gasteiger partial charge in [-0.05, 0) is 74.0 Å². The van der Waals surface area contributed by atoms with Crippen molar-refractivity contribution in [2.45, 2.75) is 19.9 Å². The van der Waals surface area contributed by atoms with Crippen LogP contribution in [0.3, 0.4) is 0 Å². The Balaban J connectivity index is 1.52. The van der Waals surface area contributed by atoms with Gasteiger partial charge in [0.15, 0.2) is 4.80 Å². The van der Waals surface area contributed by atoms with Gasteiger partial charge in [0.05, 0.1) is 41.2 Å². The number of thiazole rings is 1. The molecule has 1 atom stereocenters. The highest BCUT2D eigenvalue weighted by molar-refractivity contribution is 7.07. The number of rotatable bonds is 10. The molecule has 46 heavy (non-hydrogen) atoms. The lowest BCUT2D eigenvalue weighted by Crippen LogP contribution is -2.39. The maximum absolute atomic E-state index is 14.3. The van der Waals surface area contributed by atoms with E-state index in [0.717, 1.165) is 22.4 Å². The van der Waals surface area contributed by atoms with E-state index in [1.807, 2.05) is 79.0 Å². The number of carbonyl (C=O) groups is 1. The molecule has 2 aromatic heterocycles. The second-order valence-corrected chi connectivity index (χ2v) is 11.4. The predicted octanol–water partition coefficient (Wildman–Crippen LogP) is 5.22. The highest BCUT2D eigenvalue weighted by atomic mass is 32.1. The van der Waals surface area contributed by atoms with Crippen LogP contribution in [0.2, 0.25) is 0 Å². The molecular formula is C36H32N4O5S. The summed E-state index contributed by atoms with van der Waals surface area (Å²) in [4.78, 5) is 32.7. The van der Waals surface area contributed by atoms with E-state index in [9.17, 15) is 9.59 Å². The molecule has 5 aromatic rings. The van der Waals surface area contributed by atoms with E-state index in [2.05, 4.69) is 6.58 Å². The normalized spacial score (nSPS) is 14.4. The Labute approximate surface area is 269 Å². The van der Waals surface area contributed by atoms with Crippen LogP contribution in [0.4, 0.5) is 0 Å². The van der Waals surface area contributed by atoms with E-state index in [-0.39, 0.29) is 12.2 Å². The average molecular weight is 633 g/mol. The molecule has 1 aliphatic heterocycles. The first-order valence-electron chi connectivity index (χ1n) is 14.7. The van der Waals surface area contributed by atoms with Crippen molar-refractivity contribution in [2.75, 3.05) is 20.3 Å². The van der Waals surface area contributed by atoms with Gasteiger partial charge in [0.25, 0.3) is 5.56 Å². The third kappa shape index (κ3) is 5.94. The summed E-state index contributed by atoms with van der Waals surface area (Å²) in [6.45, 7) is 7.83.